The van der Waals surface area contributed by atoms with Crippen LogP contribution in [0.25, 0.3) is 10.9 Å². The van der Waals surface area contributed by atoms with Crippen molar-refractivity contribution in [3.63, 3.8) is 0 Å². The fourth-order valence-electron chi connectivity index (χ4n) is 4.29. The summed E-state index contributed by atoms with van der Waals surface area (Å²) in [6, 6.07) is 13.1. The van der Waals surface area contributed by atoms with E-state index in [1.54, 1.807) is 7.11 Å². The largest absolute Gasteiger partial charge is 0.497 e. The molecule has 38 heavy (non-hydrogen) atoms. The number of aryl methyl sites for hydroxylation is 1. The first kappa shape index (κ1) is 27.9. The average Bonchev–Trinajstić information content (AvgIpc) is 3.45. The Hall–Kier alpha value is -4.64. The van der Waals surface area contributed by atoms with Crippen LogP contribution in [-0.4, -0.2) is 58.8 Å². The Morgan fingerprint density at radius 1 is 1.05 bits per heavy atom. The van der Waals surface area contributed by atoms with Gasteiger partial charge in [-0.1, -0.05) is 18.2 Å². The van der Waals surface area contributed by atoms with Gasteiger partial charge in [-0.25, -0.2) is 14.4 Å². The minimum atomic E-state index is -1.26. The number of aromatic amines is 1. The second-order valence-electron chi connectivity index (χ2n) is 8.60. The van der Waals surface area contributed by atoms with Crippen LogP contribution in [0.5, 0.6) is 5.75 Å². The van der Waals surface area contributed by atoms with Crippen LogP contribution in [0, 0.1) is 0 Å². The van der Waals surface area contributed by atoms with Crippen molar-refractivity contribution in [2.24, 2.45) is 5.73 Å². The van der Waals surface area contributed by atoms with E-state index in [1.807, 2.05) is 42.6 Å². The summed E-state index contributed by atoms with van der Waals surface area (Å²) in [5, 5.41) is 21.9. The summed E-state index contributed by atoms with van der Waals surface area (Å²) < 4.78 is 5.22. The molecule has 1 aliphatic rings. The Kier molecular flexibility index (Phi) is 9.60. The Morgan fingerprint density at radius 2 is 1.74 bits per heavy atom. The molecule has 1 saturated heterocycles. The molecule has 0 radical (unpaired) electrons. The highest BCUT2D eigenvalue weighted by Gasteiger charge is 2.36. The average molecular weight is 523 g/mol. The molecule has 11 heteroatoms. The van der Waals surface area contributed by atoms with Gasteiger partial charge in [0, 0.05) is 35.2 Å². The van der Waals surface area contributed by atoms with Gasteiger partial charge in [0.2, 0.25) is 0 Å². The predicted octanol–water partition coefficient (Wildman–Crippen LogP) is 2.31. The molecule has 7 N–H and O–H groups in total. The highest BCUT2D eigenvalue weighted by atomic mass is 16.5. The van der Waals surface area contributed by atoms with Gasteiger partial charge in [0.1, 0.15) is 11.8 Å². The molecule has 2 heterocycles. The van der Waals surface area contributed by atoms with Gasteiger partial charge in [-0.15, -0.1) is 0 Å². The van der Waals surface area contributed by atoms with Gasteiger partial charge in [-0.2, -0.15) is 0 Å². The summed E-state index contributed by atoms with van der Waals surface area (Å²) in [5.41, 5.74) is 10.1. The van der Waals surface area contributed by atoms with E-state index in [4.69, 9.17) is 20.7 Å². The fraction of sp³-hybridized carbons (Fsp3) is 0.259. The number of fused-ring (bicyclic) bond motifs is 1. The molecule has 0 aliphatic carbocycles. The maximum atomic E-state index is 12.4. The normalized spacial score (nSPS) is 15.5. The molecule has 200 valence electrons. The summed E-state index contributed by atoms with van der Waals surface area (Å²) >= 11 is 0. The number of aliphatic carboxylic acids is 2. The Labute approximate surface area is 218 Å². The molecule has 0 bridgehead atoms. The zero-order chi connectivity index (χ0) is 27.7. The summed E-state index contributed by atoms with van der Waals surface area (Å²) in [6.07, 6.45) is 5.37. The van der Waals surface area contributed by atoms with Crippen LogP contribution in [0.3, 0.4) is 0 Å². The molecule has 0 saturated carbocycles. The van der Waals surface area contributed by atoms with Crippen molar-refractivity contribution in [2.75, 3.05) is 13.7 Å². The minimum absolute atomic E-state index is 0.149. The van der Waals surface area contributed by atoms with Gasteiger partial charge in [0.15, 0.2) is 0 Å². The number of carbonyl (C=O) groups is 4. The monoisotopic (exact) mass is 522 g/mol. The van der Waals surface area contributed by atoms with E-state index >= 15 is 0 Å². The molecular weight excluding hydrogens is 492 g/mol. The van der Waals surface area contributed by atoms with E-state index in [0.717, 1.165) is 46.2 Å². The predicted molar refractivity (Wildman–Crippen MR) is 140 cm³/mol. The van der Waals surface area contributed by atoms with Crippen molar-refractivity contribution in [1.82, 2.24) is 15.6 Å². The number of H-pyrrole nitrogens is 1. The first-order chi connectivity index (χ1) is 18.2. The number of nitrogens with two attached hydrogens (primary N) is 1. The van der Waals surface area contributed by atoms with Crippen molar-refractivity contribution in [3.8, 4) is 5.75 Å². The van der Waals surface area contributed by atoms with Crippen LogP contribution in [0.15, 0.2) is 60.8 Å². The number of methoxy groups -OCH3 is 1. The van der Waals surface area contributed by atoms with Crippen molar-refractivity contribution in [1.29, 1.82) is 0 Å². The zero-order valence-electron chi connectivity index (χ0n) is 20.8. The van der Waals surface area contributed by atoms with E-state index in [-0.39, 0.29) is 11.8 Å². The van der Waals surface area contributed by atoms with Crippen molar-refractivity contribution >= 4 is 34.8 Å². The number of nitrogens with one attached hydrogen (secondary N) is 3. The van der Waals surface area contributed by atoms with E-state index < -0.39 is 24.0 Å². The number of carboxylic acids is 2. The van der Waals surface area contributed by atoms with Crippen LogP contribution in [0.2, 0.25) is 0 Å². The van der Waals surface area contributed by atoms with Gasteiger partial charge < -0.3 is 31.0 Å². The molecule has 3 aromatic rings. The number of hydrogen-bond donors (Lipinski definition) is 6. The number of benzene rings is 2. The Morgan fingerprint density at radius 3 is 2.29 bits per heavy atom. The minimum Gasteiger partial charge on any atom is -0.497 e. The molecule has 1 aliphatic heterocycles. The summed E-state index contributed by atoms with van der Waals surface area (Å²) in [5.74, 6) is -2.14. The Balaban J connectivity index is 0.000000436. The third-order valence-corrected chi connectivity index (χ3v) is 6.11. The standard InChI is InChI=1S/C23H26N4O3.C4H4O4/c1-30-17-6-2-14(3-7-17)4-8-18(21-22(28)27-23(29)26-21)15-5-9-20-19(12-15)16(10-11-24)13-25-20;5-3(6)1-2-4(7)8/h2-3,5-7,9,12-13,18,21,25H,4,8,10-11,24H2,1H3,(H2,26,27,28,29);1-2H,(H,5,6)(H,7,8). The highest BCUT2D eigenvalue weighted by Crippen LogP contribution is 2.31. The summed E-state index contributed by atoms with van der Waals surface area (Å²) in [7, 11) is 1.64. The molecular formula is C27H30N4O7. The van der Waals surface area contributed by atoms with Crippen molar-refractivity contribution in [3.05, 3.63) is 77.5 Å². The second kappa shape index (κ2) is 13.1. The highest BCUT2D eigenvalue weighted by molar-refractivity contribution is 6.04. The second-order valence-corrected chi connectivity index (χ2v) is 8.60. The van der Waals surface area contributed by atoms with Gasteiger partial charge in [0.05, 0.1) is 7.11 Å². The van der Waals surface area contributed by atoms with Gasteiger partial charge in [-0.3, -0.25) is 10.1 Å². The lowest BCUT2D eigenvalue weighted by atomic mass is 9.85. The lowest BCUT2D eigenvalue weighted by Crippen LogP contribution is -2.35. The molecule has 4 rings (SSSR count). The topological polar surface area (TPSA) is 184 Å². The van der Waals surface area contributed by atoms with E-state index in [2.05, 4.69) is 21.7 Å². The molecule has 3 amide bonds. The number of ether oxygens (including phenoxy) is 1. The van der Waals surface area contributed by atoms with E-state index in [1.165, 1.54) is 0 Å². The van der Waals surface area contributed by atoms with Crippen LogP contribution in [0.4, 0.5) is 4.79 Å². The number of imide groups is 1. The maximum absolute atomic E-state index is 12.4. The van der Waals surface area contributed by atoms with Crippen molar-refractivity contribution < 1.29 is 34.1 Å². The molecule has 11 nitrogen and oxygen atoms in total. The first-order valence-corrected chi connectivity index (χ1v) is 11.9. The van der Waals surface area contributed by atoms with Crippen molar-refractivity contribution in [2.45, 2.75) is 31.2 Å². The summed E-state index contributed by atoms with van der Waals surface area (Å²) in [4.78, 5) is 46.6. The SMILES string of the molecule is COc1ccc(CCC(c2ccc3[nH]cc(CCN)c3c2)C2NC(=O)NC2=O)cc1.O=C(O)C=CC(=O)O. The molecule has 2 atom stereocenters. The number of urea groups is 1. The number of amides is 3. The maximum Gasteiger partial charge on any atom is 0.328 e. The third kappa shape index (κ3) is 7.43. The molecule has 0 spiro atoms. The molecule has 2 unspecified atom stereocenters. The van der Waals surface area contributed by atoms with Crippen LogP contribution in [-0.2, 0) is 27.2 Å². The third-order valence-electron chi connectivity index (χ3n) is 6.11. The number of hydrogen-bond acceptors (Lipinski definition) is 6. The van der Waals surface area contributed by atoms with Gasteiger partial charge in [0.25, 0.3) is 5.91 Å². The van der Waals surface area contributed by atoms with Crippen LogP contribution in [0.1, 0.15) is 29.0 Å². The first-order valence-electron chi connectivity index (χ1n) is 11.9. The van der Waals surface area contributed by atoms with E-state index in [0.29, 0.717) is 25.1 Å². The fourth-order valence-corrected chi connectivity index (χ4v) is 4.29. The van der Waals surface area contributed by atoms with E-state index in [9.17, 15) is 19.2 Å². The van der Waals surface area contributed by atoms with Crippen LogP contribution < -0.4 is 21.1 Å². The number of carbonyl (C=O) groups excluding carboxylic acids is 2. The number of aromatic nitrogens is 1. The lowest BCUT2D eigenvalue weighted by Gasteiger charge is -2.22. The molecule has 2 aromatic carbocycles. The lowest BCUT2D eigenvalue weighted by molar-refractivity contribution is -0.134. The van der Waals surface area contributed by atoms with Gasteiger partial charge >= 0.3 is 18.0 Å². The molecule has 1 fully saturated rings. The Bertz CT molecular complexity index is 1310. The van der Waals surface area contributed by atoms with Gasteiger partial charge in [-0.05, 0) is 66.8 Å². The van der Waals surface area contributed by atoms with Crippen LogP contribution >= 0.6 is 0 Å². The summed E-state index contributed by atoms with van der Waals surface area (Å²) in [6.45, 7) is 0.569. The quantitative estimate of drug-likeness (QED) is 0.173. The zero-order valence-corrected chi connectivity index (χ0v) is 20.8. The smallest absolute Gasteiger partial charge is 0.328 e. The molecule has 1 aromatic heterocycles. The number of rotatable bonds is 10. The number of carboxylic acid groups (broad SMARTS) is 2.